The molecule has 2 aromatic carbocycles. The molecule has 170 valence electrons. The van der Waals surface area contributed by atoms with Crippen LogP contribution in [0.5, 0.6) is 5.75 Å². The summed E-state index contributed by atoms with van der Waals surface area (Å²) < 4.78 is 37.5. The zero-order valence-corrected chi connectivity index (χ0v) is 17.9. The van der Waals surface area contributed by atoms with Crippen LogP contribution in [-0.2, 0) is 11.3 Å². The van der Waals surface area contributed by atoms with Crippen LogP contribution < -0.4 is 15.4 Å². The first kappa shape index (κ1) is 22.5. The fourth-order valence-electron chi connectivity index (χ4n) is 3.37. The quantitative estimate of drug-likeness (QED) is 0.543. The monoisotopic (exact) mass is 473 g/mol. The Labute approximate surface area is 192 Å². The van der Waals surface area contributed by atoms with E-state index in [0.29, 0.717) is 28.5 Å². The van der Waals surface area contributed by atoms with E-state index in [0.717, 1.165) is 12.1 Å². The predicted octanol–water partition coefficient (Wildman–Crippen LogP) is 5.02. The molecule has 10 heteroatoms. The number of amides is 2. The number of nitrogens with zero attached hydrogens (tertiary/aromatic N) is 1. The van der Waals surface area contributed by atoms with Gasteiger partial charge in [0, 0.05) is 29.9 Å². The highest BCUT2D eigenvalue weighted by atomic mass is 35.5. The molecule has 0 saturated heterocycles. The number of nitrogens with one attached hydrogen (secondary N) is 2. The Kier molecular flexibility index (Phi) is 6.69. The zero-order chi connectivity index (χ0) is 23.4. The summed E-state index contributed by atoms with van der Waals surface area (Å²) in [4.78, 5) is 29.2. The first-order valence-electron chi connectivity index (χ1n) is 9.97. The highest BCUT2D eigenvalue weighted by molar-refractivity contribution is 6.31. The second-order valence-corrected chi connectivity index (χ2v) is 7.56. The number of hydrogen-bond acceptors (Lipinski definition) is 5. The van der Waals surface area contributed by atoms with Gasteiger partial charge < -0.3 is 20.1 Å². The number of fused-ring (bicyclic) bond motifs is 1. The van der Waals surface area contributed by atoms with Crippen LogP contribution in [0.4, 0.5) is 19.3 Å². The highest BCUT2D eigenvalue weighted by Crippen LogP contribution is 2.35. The summed E-state index contributed by atoms with van der Waals surface area (Å²) in [6, 6.07) is 10.8. The third-order valence-corrected chi connectivity index (χ3v) is 5.31. The van der Waals surface area contributed by atoms with E-state index in [4.69, 9.17) is 21.1 Å². The first-order valence-corrected chi connectivity index (χ1v) is 10.3. The van der Waals surface area contributed by atoms with Crippen molar-refractivity contribution in [1.29, 1.82) is 0 Å². The van der Waals surface area contributed by atoms with E-state index >= 15 is 0 Å². The Hall–Kier alpha value is -3.72. The molecule has 0 unspecified atom stereocenters. The van der Waals surface area contributed by atoms with Gasteiger partial charge in [-0.2, -0.15) is 0 Å². The number of hydrogen-bond donors (Lipinski definition) is 2. The molecule has 2 N–H and O–H groups in total. The van der Waals surface area contributed by atoms with Crippen molar-refractivity contribution in [2.45, 2.75) is 19.1 Å². The van der Waals surface area contributed by atoms with Gasteiger partial charge in [-0.1, -0.05) is 23.7 Å². The molecule has 3 aromatic rings. The van der Waals surface area contributed by atoms with Crippen molar-refractivity contribution in [3.05, 3.63) is 88.2 Å². The van der Waals surface area contributed by atoms with Gasteiger partial charge >= 0.3 is 6.09 Å². The molecule has 33 heavy (non-hydrogen) atoms. The standard InChI is InChI=1S/C23H18ClF2N3O4/c24-16-5-2-9-27-20(16)12-33-23(31)29-19-8-10-32-21-14(19)3-1-4-15(21)22(30)28-13-6-7-17(25)18(26)11-13/h1-7,9,11,19H,8,10,12H2,(H,28,30)(H,29,31)/t19-/m0/s1. The Morgan fingerprint density at radius 3 is 2.79 bits per heavy atom. The van der Waals surface area contributed by atoms with Gasteiger partial charge in [0.2, 0.25) is 0 Å². The van der Waals surface area contributed by atoms with Gasteiger partial charge in [-0.15, -0.1) is 0 Å². The number of rotatable bonds is 5. The molecule has 4 rings (SSSR count). The molecular formula is C23H18ClF2N3O4. The largest absolute Gasteiger partial charge is 0.492 e. The molecule has 1 aliphatic heterocycles. The fraction of sp³-hybridized carbons (Fsp3) is 0.174. The molecule has 1 aliphatic rings. The van der Waals surface area contributed by atoms with Crippen LogP contribution in [0.2, 0.25) is 5.02 Å². The van der Waals surface area contributed by atoms with Crippen molar-refractivity contribution in [3.8, 4) is 5.75 Å². The van der Waals surface area contributed by atoms with Gasteiger partial charge in [0.25, 0.3) is 5.91 Å². The summed E-state index contributed by atoms with van der Waals surface area (Å²) in [5.74, 6) is -2.36. The summed E-state index contributed by atoms with van der Waals surface area (Å²) in [5.41, 5.74) is 1.31. The lowest BCUT2D eigenvalue weighted by molar-refractivity contribution is 0.102. The molecule has 0 saturated carbocycles. The van der Waals surface area contributed by atoms with Gasteiger partial charge in [0.1, 0.15) is 12.4 Å². The number of anilines is 1. The summed E-state index contributed by atoms with van der Waals surface area (Å²) in [6.45, 7) is 0.151. The Morgan fingerprint density at radius 1 is 1.15 bits per heavy atom. The molecule has 0 aliphatic carbocycles. The van der Waals surface area contributed by atoms with Crippen molar-refractivity contribution in [1.82, 2.24) is 10.3 Å². The average molecular weight is 474 g/mol. The SMILES string of the molecule is O=C(N[C@H]1CCOc2c(C(=O)Nc3ccc(F)c(F)c3)cccc21)OCc1ncccc1Cl. The van der Waals surface area contributed by atoms with Gasteiger partial charge in [0.05, 0.1) is 28.9 Å². The lowest BCUT2D eigenvalue weighted by atomic mass is 9.97. The number of pyridine rings is 1. The van der Waals surface area contributed by atoms with E-state index in [1.165, 1.54) is 12.1 Å². The van der Waals surface area contributed by atoms with E-state index in [9.17, 15) is 18.4 Å². The summed E-state index contributed by atoms with van der Waals surface area (Å²) in [7, 11) is 0. The average Bonchev–Trinajstić information content (AvgIpc) is 2.81. The van der Waals surface area contributed by atoms with E-state index < -0.39 is 29.7 Å². The number of ether oxygens (including phenoxy) is 2. The first-order chi connectivity index (χ1) is 15.9. The summed E-state index contributed by atoms with van der Waals surface area (Å²) >= 11 is 6.02. The maximum atomic E-state index is 13.5. The van der Waals surface area contributed by atoms with Gasteiger partial charge in [-0.3, -0.25) is 9.78 Å². The highest BCUT2D eigenvalue weighted by Gasteiger charge is 2.27. The fourth-order valence-corrected chi connectivity index (χ4v) is 3.54. The van der Waals surface area contributed by atoms with Gasteiger partial charge in [-0.25, -0.2) is 13.6 Å². The molecule has 0 spiro atoms. The number of aromatic nitrogens is 1. The second kappa shape index (κ2) is 9.83. The Balaban J connectivity index is 1.46. The van der Waals surface area contributed by atoms with Crippen LogP contribution in [0.3, 0.4) is 0 Å². The van der Waals surface area contributed by atoms with Crippen LogP contribution in [0.25, 0.3) is 0 Å². The number of halogens is 3. The topological polar surface area (TPSA) is 89.5 Å². The number of carbonyl (C=O) groups excluding carboxylic acids is 2. The minimum Gasteiger partial charge on any atom is -0.492 e. The maximum Gasteiger partial charge on any atom is 0.408 e. The van der Waals surface area contributed by atoms with Gasteiger partial charge in [-0.05, 0) is 30.3 Å². The number of alkyl carbamates (subject to hydrolysis) is 1. The molecule has 0 fully saturated rings. The summed E-state index contributed by atoms with van der Waals surface area (Å²) in [5, 5.41) is 5.67. The molecule has 1 aromatic heterocycles. The lowest BCUT2D eigenvalue weighted by Crippen LogP contribution is -2.33. The number of para-hydroxylation sites is 1. The van der Waals surface area contributed by atoms with E-state index in [-0.39, 0.29) is 24.5 Å². The van der Waals surface area contributed by atoms with E-state index in [1.54, 1.807) is 30.5 Å². The smallest absolute Gasteiger partial charge is 0.408 e. The third-order valence-electron chi connectivity index (χ3n) is 4.96. The van der Waals surface area contributed by atoms with Crippen molar-refractivity contribution in [2.24, 2.45) is 0 Å². The number of carbonyl (C=O) groups is 2. The van der Waals surface area contributed by atoms with Crippen molar-refractivity contribution in [2.75, 3.05) is 11.9 Å². The van der Waals surface area contributed by atoms with Crippen molar-refractivity contribution >= 4 is 29.3 Å². The minimum atomic E-state index is -1.08. The Bertz CT molecular complexity index is 1210. The molecular weight excluding hydrogens is 456 g/mol. The second-order valence-electron chi connectivity index (χ2n) is 7.15. The lowest BCUT2D eigenvalue weighted by Gasteiger charge is -2.27. The van der Waals surface area contributed by atoms with Crippen LogP contribution in [0.1, 0.15) is 34.1 Å². The van der Waals surface area contributed by atoms with E-state index in [2.05, 4.69) is 15.6 Å². The number of benzene rings is 2. The minimum absolute atomic E-state index is 0.0961. The summed E-state index contributed by atoms with van der Waals surface area (Å²) in [6.07, 6.45) is 1.33. The molecule has 1 atom stereocenters. The van der Waals surface area contributed by atoms with Crippen molar-refractivity contribution in [3.63, 3.8) is 0 Å². The molecule has 7 nitrogen and oxygen atoms in total. The predicted molar refractivity (Wildman–Crippen MR) is 116 cm³/mol. The van der Waals surface area contributed by atoms with Crippen LogP contribution >= 0.6 is 11.6 Å². The maximum absolute atomic E-state index is 13.5. The normalized spacial score (nSPS) is 14.6. The molecule has 0 radical (unpaired) electrons. The molecule has 2 amide bonds. The molecule has 2 heterocycles. The third kappa shape index (κ3) is 5.20. The van der Waals surface area contributed by atoms with Crippen molar-refractivity contribution < 1.29 is 27.8 Å². The zero-order valence-electron chi connectivity index (χ0n) is 17.1. The molecule has 0 bridgehead atoms. The van der Waals surface area contributed by atoms with E-state index in [1.807, 2.05) is 0 Å². The van der Waals surface area contributed by atoms with Gasteiger partial charge in [0.15, 0.2) is 11.6 Å². The van der Waals surface area contributed by atoms with Crippen LogP contribution in [0.15, 0.2) is 54.7 Å². The van der Waals surface area contributed by atoms with Crippen LogP contribution in [-0.4, -0.2) is 23.6 Å². The van der Waals surface area contributed by atoms with Crippen LogP contribution in [0, 0.1) is 11.6 Å². The Morgan fingerprint density at radius 2 is 2.00 bits per heavy atom.